The third-order valence-corrected chi connectivity index (χ3v) is 6.40. The van der Waals surface area contributed by atoms with Gasteiger partial charge in [-0.3, -0.25) is 0 Å². The lowest BCUT2D eigenvalue weighted by Gasteiger charge is -2.47. The number of hydrogen-bond acceptors (Lipinski definition) is 5. The van der Waals surface area contributed by atoms with Crippen molar-refractivity contribution in [3.05, 3.63) is 52.8 Å². The van der Waals surface area contributed by atoms with Crippen LogP contribution in [0.5, 0.6) is 5.75 Å². The zero-order valence-electron chi connectivity index (χ0n) is 15.1. The molecule has 1 fully saturated rings. The fourth-order valence-corrected chi connectivity index (χ4v) is 4.94. The number of amidine groups is 1. The van der Waals surface area contributed by atoms with Crippen molar-refractivity contribution in [2.75, 3.05) is 6.61 Å². The van der Waals surface area contributed by atoms with Gasteiger partial charge in [0.25, 0.3) is 6.02 Å². The van der Waals surface area contributed by atoms with E-state index in [9.17, 15) is 9.50 Å². The van der Waals surface area contributed by atoms with E-state index in [1.54, 1.807) is 12.1 Å². The van der Waals surface area contributed by atoms with E-state index < -0.39 is 17.5 Å². The van der Waals surface area contributed by atoms with E-state index in [0.717, 1.165) is 12.0 Å². The summed E-state index contributed by atoms with van der Waals surface area (Å²) in [7, 11) is 0. The molecule has 5 rings (SSSR count). The molecule has 0 saturated heterocycles. The van der Waals surface area contributed by atoms with Gasteiger partial charge in [-0.2, -0.15) is 0 Å². The number of fused-ring (bicyclic) bond motifs is 4. The number of halogens is 2. The van der Waals surface area contributed by atoms with E-state index >= 15 is 0 Å². The second-order valence-corrected chi connectivity index (χ2v) is 8.11. The molecule has 2 aromatic rings. The number of nitrogens with zero attached hydrogens (tertiary/aromatic N) is 1. The number of aliphatic hydroxyl groups excluding tert-OH is 1. The van der Waals surface area contributed by atoms with Gasteiger partial charge in [-0.1, -0.05) is 29.8 Å². The Hall–Kier alpha value is -2.31. The summed E-state index contributed by atoms with van der Waals surface area (Å²) in [6, 6.07) is 10.6. The van der Waals surface area contributed by atoms with Crippen LogP contribution in [0, 0.1) is 11.7 Å². The number of ether oxygens (including phenoxy) is 2. The standard InChI is InChI=1S/C21H20ClFN2O3/c22-16-3-1-2-13(19(16)23)11-4-6-17-14(8-11)21(10-27-20(24)25-21)15-9-12(26)5-7-18(15)28-17/h1-4,6,8,12,15,18,26H,5,7,9-10H2,(H2,24,25)/t12-,15-,18?,21?/m0/s1. The molecule has 28 heavy (non-hydrogen) atoms. The first-order chi connectivity index (χ1) is 13.5. The van der Waals surface area contributed by atoms with E-state index in [2.05, 4.69) is 4.99 Å². The van der Waals surface area contributed by atoms with Gasteiger partial charge in [0.05, 0.1) is 11.1 Å². The molecule has 0 bridgehead atoms. The molecule has 3 N–H and O–H groups in total. The van der Waals surface area contributed by atoms with Crippen LogP contribution >= 0.6 is 11.6 Å². The third kappa shape index (κ3) is 2.58. The van der Waals surface area contributed by atoms with Gasteiger partial charge in [0.2, 0.25) is 0 Å². The fraction of sp³-hybridized carbons (Fsp3) is 0.381. The van der Waals surface area contributed by atoms with E-state index in [0.29, 0.717) is 29.7 Å². The Labute approximate surface area is 166 Å². The highest BCUT2D eigenvalue weighted by Crippen LogP contribution is 2.53. The first-order valence-electron chi connectivity index (χ1n) is 9.40. The summed E-state index contributed by atoms with van der Waals surface area (Å²) in [6.45, 7) is 0.282. The first-order valence-corrected chi connectivity index (χ1v) is 9.77. The predicted octanol–water partition coefficient (Wildman–Crippen LogP) is 3.61. The number of aliphatic hydroxyl groups is 1. The summed E-state index contributed by atoms with van der Waals surface area (Å²) in [5.41, 5.74) is 7.05. The topological polar surface area (TPSA) is 77.1 Å². The van der Waals surface area contributed by atoms with Crippen molar-refractivity contribution in [1.29, 1.82) is 0 Å². The van der Waals surface area contributed by atoms with Gasteiger partial charge in [-0.05, 0) is 43.0 Å². The van der Waals surface area contributed by atoms with Crippen LogP contribution in [0.2, 0.25) is 5.02 Å². The molecule has 2 unspecified atom stereocenters. The van der Waals surface area contributed by atoms with Crippen LogP contribution in [0.1, 0.15) is 24.8 Å². The van der Waals surface area contributed by atoms with Gasteiger partial charge in [0.1, 0.15) is 29.8 Å². The maximum atomic E-state index is 14.6. The molecule has 1 aliphatic carbocycles. The summed E-state index contributed by atoms with van der Waals surface area (Å²) in [4.78, 5) is 4.68. The molecular formula is C21H20ClFN2O3. The summed E-state index contributed by atoms with van der Waals surface area (Å²) in [5.74, 6) is 0.168. The molecule has 2 heterocycles. The van der Waals surface area contributed by atoms with Gasteiger partial charge in [-0.25, -0.2) is 9.38 Å². The molecule has 3 aliphatic rings. The molecule has 0 radical (unpaired) electrons. The monoisotopic (exact) mass is 402 g/mol. The average Bonchev–Trinajstić information content (AvgIpc) is 3.07. The molecule has 2 aromatic carbocycles. The van der Waals surface area contributed by atoms with Crippen molar-refractivity contribution >= 4 is 17.6 Å². The molecular weight excluding hydrogens is 383 g/mol. The van der Waals surface area contributed by atoms with Gasteiger partial charge in [0.15, 0.2) is 0 Å². The van der Waals surface area contributed by atoms with Crippen LogP contribution < -0.4 is 10.5 Å². The summed E-state index contributed by atoms with van der Waals surface area (Å²) in [6.07, 6.45) is 1.52. The molecule has 4 atom stereocenters. The Bertz CT molecular complexity index is 982. The van der Waals surface area contributed by atoms with E-state index in [-0.39, 0.29) is 29.7 Å². The summed E-state index contributed by atoms with van der Waals surface area (Å²) in [5, 5.41) is 10.3. The fourth-order valence-electron chi connectivity index (χ4n) is 4.77. The molecule has 0 amide bonds. The van der Waals surface area contributed by atoms with Crippen LogP contribution in [0.25, 0.3) is 11.1 Å². The third-order valence-electron chi connectivity index (χ3n) is 6.11. The molecule has 7 heteroatoms. The highest BCUT2D eigenvalue weighted by atomic mass is 35.5. The SMILES string of the molecule is NC1=NC2(CO1)c1cc(-c3cccc(Cl)c3F)ccc1OC1CC[C@H](O)C[C@@H]12. The first kappa shape index (κ1) is 17.8. The van der Waals surface area contributed by atoms with E-state index in [1.165, 1.54) is 6.07 Å². The Morgan fingerprint density at radius 1 is 1.25 bits per heavy atom. The van der Waals surface area contributed by atoms with Gasteiger partial charge in [0, 0.05) is 17.0 Å². The minimum Gasteiger partial charge on any atom is -0.490 e. The van der Waals surface area contributed by atoms with Crippen LogP contribution in [-0.4, -0.2) is 29.9 Å². The Morgan fingerprint density at radius 2 is 2.11 bits per heavy atom. The van der Waals surface area contributed by atoms with Gasteiger partial charge < -0.3 is 20.3 Å². The zero-order valence-corrected chi connectivity index (χ0v) is 15.8. The maximum Gasteiger partial charge on any atom is 0.283 e. The van der Waals surface area contributed by atoms with Crippen LogP contribution in [0.4, 0.5) is 4.39 Å². The highest BCUT2D eigenvalue weighted by Gasteiger charge is 2.55. The normalized spacial score (nSPS) is 30.8. The molecule has 146 valence electrons. The second kappa shape index (κ2) is 6.36. The van der Waals surface area contributed by atoms with Crippen LogP contribution in [0.15, 0.2) is 41.4 Å². The Morgan fingerprint density at radius 3 is 2.89 bits per heavy atom. The lowest BCUT2D eigenvalue weighted by atomic mass is 9.67. The molecule has 1 spiro atoms. The molecule has 5 nitrogen and oxygen atoms in total. The minimum atomic E-state index is -0.741. The Kier molecular flexibility index (Phi) is 4.03. The summed E-state index contributed by atoms with van der Waals surface area (Å²) >= 11 is 5.97. The van der Waals surface area contributed by atoms with E-state index in [1.807, 2.05) is 18.2 Å². The number of hydrogen-bond donors (Lipinski definition) is 2. The van der Waals surface area contributed by atoms with Crippen molar-refractivity contribution in [1.82, 2.24) is 0 Å². The van der Waals surface area contributed by atoms with Crippen molar-refractivity contribution < 1.29 is 19.0 Å². The van der Waals surface area contributed by atoms with Crippen molar-refractivity contribution in [3.63, 3.8) is 0 Å². The van der Waals surface area contributed by atoms with Crippen molar-refractivity contribution in [2.45, 2.75) is 37.0 Å². The number of aliphatic imine (C=N–C) groups is 1. The van der Waals surface area contributed by atoms with E-state index in [4.69, 9.17) is 26.8 Å². The lowest BCUT2D eigenvalue weighted by Crippen LogP contribution is -2.51. The summed E-state index contributed by atoms with van der Waals surface area (Å²) < 4.78 is 26.4. The van der Waals surface area contributed by atoms with Crippen LogP contribution in [0.3, 0.4) is 0 Å². The second-order valence-electron chi connectivity index (χ2n) is 7.70. The van der Waals surface area contributed by atoms with Crippen LogP contribution in [-0.2, 0) is 10.3 Å². The number of nitrogens with two attached hydrogens (primary N) is 1. The van der Waals surface area contributed by atoms with Crippen molar-refractivity contribution in [2.24, 2.45) is 16.6 Å². The van der Waals surface area contributed by atoms with Crippen molar-refractivity contribution in [3.8, 4) is 16.9 Å². The smallest absolute Gasteiger partial charge is 0.283 e. The maximum absolute atomic E-state index is 14.6. The number of benzene rings is 2. The largest absolute Gasteiger partial charge is 0.490 e. The minimum absolute atomic E-state index is 0.0655. The molecule has 0 aromatic heterocycles. The zero-order chi connectivity index (χ0) is 19.5. The predicted molar refractivity (Wildman–Crippen MR) is 104 cm³/mol. The lowest BCUT2D eigenvalue weighted by molar-refractivity contribution is -0.0359. The quantitative estimate of drug-likeness (QED) is 0.764. The Balaban J connectivity index is 1.68. The molecule has 2 aliphatic heterocycles. The average molecular weight is 403 g/mol. The highest BCUT2D eigenvalue weighted by molar-refractivity contribution is 6.31. The van der Waals surface area contributed by atoms with Gasteiger partial charge in [-0.15, -0.1) is 0 Å². The molecule has 1 saturated carbocycles. The number of rotatable bonds is 1. The van der Waals surface area contributed by atoms with Gasteiger partial charge >= 0.3 is 0 Å².